The van der Waals surface area contributed by atoms with Gasteiger partial charge in [-0.25, -0.2) is 0 Å². The summed E-state index contributed by atoms with van der Waals surface area (Å²) in [6, 6.07) is 0. The Kier molecular flexibility index (Phi) is 5.98. The van der Waals surface area contributed by atoms with Gasteiger partial charge in [0.1, 0.15) is 0 Å². The third-order valence-electron chi connectivity index (χ3n) is 1.80. The molecule has 0 aromatic rings. The Morgan fingerprint density at radius 3 is 2.45 bits per heavy atom. The van der Waals surface area contributed by atoms with Gasteiger partial charge in [-0.15, -0.1) is 11.6 Å². The Hall–Kier alpha value is 0.250. The standard InChI is InChI=1S/C9H20ClN/c1-4-5-9(2,3)8-11-7-6-10/h11H,4-8H2,1-3H3. The Balaban J connectivity index is 3.38. The van der Waals surface area contributed by atoms with Crippen LogP contribution in [0.3, 0.4) is 0 Å². The molecule has 0 unspecified atom stereocenters. The van der Waals surface area contributed by atoms with Crippen LogP contribution in [0.25, 0.3) is 0 Å². The van der Waals surface area contributed by atoms with E-state index in [9.17, 15) is 0 Å². The van der Waals surface area contributed by atoms with Crippen LogP contribution in [0.4, 0.5) is 0 Å². The zero-order valence-corrected chi connectivity index (χ0v) is 8.67. The van der Waals surface area contributed by atoms with Gasteiger partial charge in [0.15, 0.2) is 0 Å². The van der Waals surface area contributed by atoms with E-state index >= 15 is 0 Å². The van der Waals surface area contributed by atoms with Crippen molar-refractivity contribution in [1.82, 2.24) is 5.32 Å². The summed E-state index contributed by atoms with van der Waals surface area (Å²) in [5, 5.41) is 3.33. The number of alkyl halides is 1. The maximum absolute atomic E-state index is 5.54. The summed E-state index contributed by atoms with van der Waals surface area (Å²) < 4.78 is 0. The molecule has 0 aliphatic heterocycles. The molecule has 0 radical (unpaired) electrons. The van der Waals surface area contributed by atoms with Crippen molar-refractivity contribution in [2.45, 2.75) is 33.6 Å². The highest BCUT2D eigenvalue weighted by Crippen LogP contribution is 2.20. The lowest BCUT2D eigenvalue weighted by Gasteiger charge is -2.24. The van der Waals surface area contributed by atoms with Crippen LogP contribution in [-0.4, -0.2) is 19.0 Å². The molecule has 68 valence electrons. The van der Waals surface area contributed by atoms with Crippen molar-refractivity contribution in [2.75, 3.05) is 19.0 Å². The van der Waals surface area contributed by atoms with Crippen LogP contribution in [0.15, 0.2) is 0 Å². The van der Waals surface area contributed by atoms with Crippen LogP contribution in [0.1, 0.15) is 33.6 Å². The van der Waals surface area contributed by atoms with Gasteiger partial charge < -0.3 is 5.32 Å². The molecule has 0 fully saturated rings. The first kappa shape index (κ1) is 11.2. The van der Waals surface area contributed by atoms with Gasteiger partial charge in [0, 0.05) is 19.0 Å². The zero-order valence-electron chi connectivity index (χ0n) is 7.91. The summed E-state index contributed by atoms with van der Waals surface area (Å²) in [5.74, 6) is 0.711. The Labute approximate surface area is 75.5 Å². The quantitative estimate of drug-likeness (QED) is 0.486. The van der Waals surface area contributed by atoms with Crippen LogP contribution in [0, 0.1) is 5.41 Å². The number of rotatable bonds is 6. The first-order valence-corrected chi connectivity index (χ1v) is 4.92. The van der Waals surface area contributed by atoms with Crippen molar-refractivity contribution >= 4 is 11.6 Å². The van der Waals surface area contributed by atoms with E-state index in [4.69, 9.17) is 11.6 Å². The van der Waals surface area contributed by atoms with E-state index in [0.29, 0.717) is 11.3 Å². The number of nitrogens with one attached hydrogen (secondary N) is 1. The molecule has 0 spiro atoms. The van der Waals surface area contributed by atoms with Gasteiger partial charge in [0.25, 0.3) is 0 Å². The summed E-state index contributed by atoms with van der Waals surface area (Å²) in [4.78, 5) is 0. The molecule has 0 amide bonds. The topological polar surface area (TPSA) is 12.0 Å². The summed E-state index contributed by atoms with van der Waals surface area (Å²) in [6.45, 7) is 8.81. The third kappa shape index (κ3) is 6.64. The van der Waals surface area contributed by atoms with Crippen molar-refractivity contribution in [3.8, 4) is 0 Å². The van der Waals surface area contributed by atoms with Gasteiger partial charge in [0.2, 0.25) is 0 Å². The summed E-state index contributed by atoms with van der Waals surface area (Å²) in [6.07, 6.45) is 2.54. The molecule has 0 saturated carbocycles. The maximum atomic E-state index is 5.54. The fourth-order valence-corrected chi connectivity index (χ4v) is 1.39. The molecule has 0 heterocycles. The van der Waals surface area contributed by atoms with Crippen LogP contribution in [0.5, 0.6) is 0 Å². The highest BCUT2D eigenvalue weighted by Gasteiger charge is 2.14. The Morgan fingerprint density at radius 2 is 2.00 bits per heavy atom. The van der Waals surface area contributed by atoms with E-state index in [1.165, 1.54) is 12.8 Å². The molecule has 0 saturated heterocycles. The predicted octanol–water partition coefficient (Wildman–Crippen LogP) is 2.64. The molecule has 1 nitrogen and oxygen atoms in total. The van der Waals surface area contributed by atoms with Crippen molar-refractivity contribution < 1.29 is 0 Å². The lowest BCUT2D eigenvalue weighted by molar-refractivity contribution is 0.314. The second kappa shape index (κ2) is 5.84. The average molecular weight is 178 g/mol. The molecular weight excluding hydrogens is 158 g/mol. The maximum Gasteiger partial charge on any atom is 0.0348 e. The molecule has 0 aliphatic carbocycles. The first-order chi connectivity index (χ1) is 5.12. The van der Waals surface area contributed by atoms with Crippen molar-refractivity contribution in [1.29, 1.82) is 0 Å². The molecular formula is C9H20ClN. The van der Waals surface area contributed by atoms with Crippen LogP contribution >= 0.6 is 11.6 Å². The van der Waals surface area contributed by atoms with E-state index in [0.717, 1.165) is 13.1 Å². The van der Waals surface area contributed by atoms with E-state index in [2.05, 4.69) is 26.1 Å². The molecule has 0 aliphatic rings. The van der Waals surface area contributed by atoms with Crippen LogP contribution < -0.4 is 5.32 Å². The lowest BCUT2D eigenvalue weighted by Crippen LogP contribution is -2.30. The van der Waals surface area contributed by atoms with Gasteiger partial charge in [-0.2, -0.15) is 0 Å². The molecule has 1 N–H and O–H groups in total. The Morgan fingerprint density at radius 1 is 1.36 bits per heavy atom. The van der Waals surface area contributed by atoms with E-state index in [1.807, 2.05) is 0 Å². The minimum Gasteiger partial charge on any atom is -0.315 e. The monoisotopic (exact) mass is 177 g/mol. The number of hydrogen-bond donors (Lipinski definition) is 1. The average Bonchev–Trinajstić information content (AvgIpc) is 1.87. The van der Waals surface area contributed by atoms with E-state index < -0.39 is 0 Å². The number of halogens is 1. The van der Waals surface area contributed by atoms with E-state index in [-0.39, 0.29) is 0 Å². The zero-order chi connectivity index (χ0) is 8.74. The second-order valence-corrected chi connectivity index (χ2v) is 4.16. The van der Waals surface area contributed by atoms with Crippen molar-refractivity contribution in [2.24, 2.45) is 5.41 Å². The molecule has 0 rings (SSSR count). The molecule has 11 heavy (non-hydrogen) atoms. The van der Waals surface area contributed by atoms with Gasteiger partial charge >= 0.3 is 0 Å². The van der Waals surface area contributed by atoms with Crippen LogP contribution in [0.2, 0.25) is 0 Å². The Bertz CT molecular complexity index is 91.6. The molecule has 0 aromatic carbocycles. The van der Waals surface area contributed by atoms with Gasteiger partial charge in [-0.1, -0.05) is 27.2 Å². The van der Waals surface area contributed by atoms with Gasteiger partial charge in [-0.3, -0.25) is 0 Å². The second-order valence-electron chi connectivity index (χ2n) is 3.78. The summed E-state index contributed by atoms with van der Waals surface area (Å²) in [5.41, 5.74) is 0.431. The SMILES string of the molecule is CCCC(C)(C)CNCCCl. The lowest BCUT2D eigenvalue weighted by atomic mass is 9.88. The first-order valence-electron chi connectivity index (χ1n) is 4.39. The fraction of sp³-hybridized carbons (Fsp3) is 1.00. The highest BCUT2D eigenvalue weighted by atomic mass is 35.5. The van der Waals surface area contributed by atoms with Crippen molar-refractivity contribution in [3.63, 3.8) is 0 Å². The van der Waals surface area contributed by atoms with Gasteiger partial charge in [0.05, 0.1) is 0 Å². The van der Waals surface area contributed by atoms with E-state index in [1.54, 1.807) is 0 Å². The molecule has 0 atom stereocenters. The minimum atomic E-state index is 0.431. The van der Waals surface area contributed by atoms with Crippen LogP contribution in [-0.2, 0) is 0 Å². The number of hydrogen-bond acceptors (Lipinski definition) is 1. The third-order valence-corrected chi connectivity index (χ3v) is 1.99. The molecule has 2 heteroatoms. The predicted molar refractivity (Wildman–Crippen MR) is 52.3 cm³/mol. The smallest absolute Gasteiger partial charge is 0.0348 e. The van der Waals surface area contributed by atoms with Crippen molar-refractivity contribution in [3.05, 3.63) is 0 Å². The van der Waals surface area contributed by atoms with Gasteiger partial charge in [-0.05, 0) is 11.8 Å². The summed E-state index contributed by atoms with van der Waals surface area (Å²) >= 11 is 5.54. The molecule has 0 bridgehead atoms. The highest BCUT2D eigenvalue weighted by molar-refractivity contribution is 6.18. The normalized spacial score (nSPS) is 12.0. The summed E-state index contributed by atoms with van der Waals surface area (Å²) in [7, 11) is 0. The minimum absolute atomic E-state index is 0.431. The fourth-order valence-electron chi connectivity index (χ4n) is 1.26. The molecule has 0 aromatic heterocycles. The largest absolute Gasteiger partial charge is 0.315 e.